The molecular weight excluding hydrogens is 317 g/mol. The third kappa shape index (κ3) is 2.13. The predicted octanol–water partition coefficient (Wildman–Crippen LogP) is 3.49. The zero-order valence-corrected chi connectivity index (χ0v) is 13.7. The summed E-state index contributed by atoms with van der Waals surface area (Å²) >= 11 is 0. The first-order valence-corrected chi connectivity index (χ1v) is 8.99. The fourth-order valence-corrected chi connectivity index (χ4v) is 5.65. The van der Waals surface area contributed by atoms with Gasteiger partial charge in [0.25, 0.3) is 0 Å². The number of carboxylic acids is 1. The zero-order chi connectivity index (χ0) is 17.1. The van der Waals surface area contributed by atoms with E-state index in [1.165, 1.54) is 18.9 Å². The van der Waals surface area contributed by atoms with E-state index in [-0.39, 0.29) is 17.4 Å². The second-order valence-electron chi connectivity index (χ2n) is 7.67. The standard InChI is InChI=1S/C21H20FNO2/c22-16-4-2-1-3-14(16)20-19-12-6-5-11(9-12)18(19)15-10-13(21(24)25)7-8-17(15)23-20/h1-4,7-8,10-12,18-20,23H,5-6,9H2,(H,24,25)/p-1/t11-,12+,18+,19-,20-/m0/s1. The van der Waals surface area contributed by atoms with Crippen LogP contribution in [0.1, 0.15) is 52.7 Å². The largest absolute Gasteiger partial charge is 0.545 e. The number of halogens is 1. The molecule has 3 nitrogen and oxygen atoms in total. The molecule has 0 saturated heterocycles. The van der Waals surface area contributed by atoms with Crippen LogP contribution in [0.15, 0.2) is 42.5 Å². The Morgan fingerprint density at radius 3 is 2.68 bits per heavy atom. The summed E-state index contributed by atoms with van der Waals surface area (Å²) < 4.78 is 14.5. The van der Waals surface area contributed by atoms with Gasteiger partial charge in [-0.2, -0.15) is 0 Å². The number of aromatic carboxylic acids is 1. The minimum Gasteiger partial charge on any atom is -0.545 e. The molecule has 2 bridgehead atoms. The molecule has 0 radical (unpaired) electrons. The Labute approximate surface area is 145 Å². The summed E-state index contributed by atoms with van der Waals surface area (Å²) in [6, 6.07) is 12.1. The van der Waals surface area contributed by atoms with Crippen LogP contribution in [-0.4, -0.2) is 5.97 Å². The molecule has 1 aliphatic heterocycles. The van der Waals surface area contributed by atoms with Crippen LogP contribution in [0, 0.1) is 23.6 Å². The smallest absolute Gasteiger partial charge is 0.128 e. The highest BCUT2D eigenvalue weighted by molar-refractivity contribution is 5.87. The highest BCUT2D eigenvalue weighted by Crippen LogP contribution is 2.63. The second kappa shape index (κ2) is 5.32. The first kappa shape index (κ1) is 14.9. The van der Waals surface area contributed by atoms with Crippen molar-refractivity contribution in [1.29, 1.82) is 0 Å². The lowest BCUT2D eigenvalue weighted by Gasteiger charge is -2.43. The Bertz CT molecular complexity index is 865. The molecule has 2 aliphatic carbocycles. The van der Waals surface area contributed by atoms with Gasteiger partial charge in [-0.25, -0.2) is 4.39 Å². The topological polar surface area (TPSA) is 52.2 Å². The van der Waals surface area contributed by atoms with Crippen LogP contribution in [0.4, 0.5) is 10.1 Å². The summed E-state index contributed by atoms with van der Waals surface area (Å²) in [5.41, 5.74) is 2.96. The zero-order valence-electron chi connectivity index (χ0n) is 13.7. The van der Waals surface area contributed by atoms with Gasteiger partial charge < -0.3 is 15.2 Å². The number of benzene rings is 2. The number of rotatable bonds is 2. The molecule has 3 aliphatic rings. The summed E-state index contributed by atoms with van der Waals surface area (Å²) in [6.45, 7) is 0. The molecule has 5 atom stereocenters. The predicted molar refractivity (Wildman–Crippen MR) is 90.6 cm³/mol. The molecule has 0 aromatic heterocycles. The van der Waals surface area contributed by atoms with Gasteiger partial charge in [0.15, 0.2) is 0 Å². The summed E-state index contributed by atoms with van der Waals surface area (Å²) in [6.07, 6.45) is 3.54. The molecule has 0 spiro atoms. The highest BCUT2D eigenvalue weighted by Gasteiger charge is 2.54. The Morgan fingerprint density at radius 1 is 1.08 bits per heavy atom. The number of carbonyl (C=O) groups is 1. The molecule has 25 heavy (non-hydrogen) atoms. The Hall–Kier alpha value is -2.36. The number of hydrogen-bond acceptors (Lipinski definition) is 3. The first-order valence-electron chi connectivity index (χ1n) is 8.99. The minimum absolute atomic E-state index is 0.0530. The molecule has 0 unspecified atom stereocenters. The lowest BCUT2D eigenvalue weighted by molar-refractivity contribution is -0.255. The van der Waals surface area contributed by atoms with Crippen LogP contribution in [0.3, 0.4) is 0 Å². The Morgan fingerprint density at radius 2 is 1.88 bits per heavy atom. The maximum Gasteiger partial charge on any atom is 0.128 e. The van der Waals surface area contributed by atoms with Gasteiger partial charge in [0.1, 0.15) is 5.82 Å². The van der Waals surface area contributed by atoms with Crippen molar-refractivity contribution in [2.45, 2.75) is 31.2 Å². The van der Waals surface area contributed by atoms with Gasteiger partial charge >= 0.3 is 0 Å². The normalized spacial score (nSPS) is 32.0. The number of hydrogen-bond donors (Lipinski definition) is 1. The van der Waals surface area contributed by atoms with Crippen molar-refractivity contribution in [3.63, 3.8) is 0 Å². The Kier molecular flexibility index (Phi) is 3.18. The van der Waals surface area contributed by atoms with Gasteiger partial charge in [-0.05, 0) is 72.3 Å². The van der Waals surface area contributed by atoms with E-state index in [2.05, 4.69) is 5.32 Å². The van der Waals surface area contributed by atoms with Crippen molar-refractivity contribution in [3.05, 3.63) is 65.0 Å². The van der Waals surface area contributed by atoms with Crippen molar-refractivity contribution in [1.82, 2.24) is 0 Å². The maximum atomic E-state index is 14.5. The van der Waals surface area contributed by atoms with Crippen LogP contribution in [0.25, 0.3) is 0 Å². The lowest BCUT2D eigenvalue weighted by atomic mass is 9.68. The molecule has 2 saturated carbocycles. The molecular formula is C21H19FNO2-. The van der Waals surface area contributed by atoms with Crippen molar-refractivity contribution in [2.24, 2.45) is 17.8 Å². The Balaban J connectivity index is 1.65. The first-order chi connectivity index (χ1) is 12.1. The third-order valence-electron chi connectivity index (χ3n) is 6.56. The fourth-order valence-electron chi connectivity index (χ4n) is 5.65. The minimum atomic E-state index is -1.14. The van der Waals surface area contributed by atoms with E-state index in [1.807, 2.05) is 18.2 Å². The number of fused-ring (bicyclic) bond motifs is 7. The summed E-state index contributed by atoms with van der Waals surface area (Å²) in [5, 5.41) is 14.8. The van der Waals surface area contributed by atoms with Gasteiger partial charge in [0.05, 0.1) is 12.0 Å². The summed E-state index contributed by atoms with van der Waals surface area (Å²) in [5.74, 6) is 0.461. The molecule has 1 heterocycles. The molecule has 4 heteroatoms. The fraction of sp³-hybridized carbons (Fsp3) is 0.381. The second-order valence-corrected chi connectivity index (χ2v) is 7.67. The quantitative estimate of drug-likeness (QED) is 0.913. The van der Waals surface area contributed by atoms with Crippen LogP contribution in [0.2, 0.25) is 0 Å². The average molecular weight is 336 g/mol. The van der Waals surface area contributed by atoms with Crippen molar-refractivity contribution >= 4 is 11.7 Å². The number of nitrogens with one attached hydrogen (secondary N) is 1. The highest BCUT2D eigenvalue weighted by atomic mass is 19.1. The average Bonchev–Trinajstić information content (AvgIpc) is 3.23. The molecule has 1 N–H and O–H groups in total. The SMILES string of the molecule is O=C([O-])c1ccc2c(c1)[C@H]1[C@H]3CC[C@H](C3)[C@@H]1[C@H](c1ccccc1F)N2. The van der Waals surface area contributed by atoms with E-state index in [0.717, 1.165) is 23.2 Å². The molecule has 2 aromatic carbocycles. The van der Waals surface area contributed by atoms with E-state index in [0.29, 0.717) is 23.7 Å². The lowest BCUT2D eigenvalue weighted by Crippen LogP contribution is -2.36. The van der Waals surface area contributed by atoms with Crippen LogP contribution < -0.4 is 10.4 Å². The summed E-state index contributed by atoms with van der Waals surface area (Å²) in [7, 11) is 0. The maximum absolute atomic E-state index is 14.5. The van der Waals surface area contributed by atoms with Crippen molar-refractivity contribution < 1.29 is 14.3 Å². The summed E-state index contributed by atoms with van der Waals surface area (Å²) in [4.78, 5) is 11.3. The van der Waals surface area contributed by atoms with Gasteiger partial charge in [0.2, 0.25) is 0 Å². The molecule has 2 fully saturated rings. The van der Waals surface area contributed by atoms with Crippen LogP contribution >= 0.6 is 0 Å². The van der Waals surface area contributed by atoms with E-state index < -0.39 is 5.97 Å². The van der Waals surface area contributed by atoms with E-state index >= 15 is 0 Å². The van der Waals surface area contributed by atoms with Crippen molar-refractivity contribution in [2.75, 3.05) is 5.32 Å². The molecule has 0 amide bonds. The van der Waals surface area contributed by atoms with Crippen LogP contribution in [0.5, 0.6) is 0 Å². The van der Waals surface area contributed by atoms with Gasteiger partial charge in [-0.3, -0.25) is 0 Å². The van der Waals surface area contributed by atoms with Crippen molar-refractivity contribution in [3.8, 4) is 0 Å². The third-order valence-corrected chi connectivity index (χ3v) is 6.56. The van der Waals surface area contributed by atoms with Gasteiger partial charge in [-0.15, -0.1) is 0 Å². The van der Waals surface area contributed by atoms with E-state index in [1.54, 1.807) is 18.2 Å². The number of anilines is 1. The van der Waals surface area contributed by atoms with E-state index in [4.69, 9.17) is 0 Å². The molecule has 128 valence electrons. The number of carbonyl (C=O) groups excluding carboxylic acids is 1. The number of carboxylic acid groups (broad SMARTS) is 1. The van der Waals surface area contributed by atoms with Crippen LogP contribution in [-0.2, 0) is 0 Å². The van der Waals surface area contributed by atoms with E-state index in [9.17, 15) is 14.3 Å². The monoisotopic (exact) mass is 336 g/mol. The van der Waals surface area contributed by atoms with Gasteiger partial charge in [0, 0.05) is 11.3 Å². The molecule has 2 aromatic rings. The molecule has 5 rings (SSSR count). The van der Waals surface area contributed by atoms with Gasteiger partial charge in [-0.1, -0.05) is 24.3 Å².